The van der Waals surface area contributed by atoms with E-state index < -0.39 is 66.9 Å². The van der Waals surface area contributed by atoms with Crippen molar-refractivity contribution in [1.29, 1.82) is 0 Å². The van der Waals surface area contributed by atoms with Gasteiger partial charge in [-0.2, -0.15) is 0 Å². The molecule has 9 N–H and O–H groups in total. The van der Waals surface area contributed by atoms with Crippen molar-refractivity contribution in [2.45, 2.75) is 50.4 Å². The van der Waals surface area contributed by atoms with Crippen LogP contribution in [0.4, 0.5) is 0 Å². The summed E-state index contributed by atoms with van der Waals surface area (Å²) in [5.74, 6) is -5.26. The molecule has 1 aromatic rings. The number of phenolic OH excluding ortho intramolecular Hbond substituents is 1. The number of nitrogens with two attached hydrogens (primary N) is 1. The Kier molecular flexibility index (Phi) is 10.7. The predicted octanol–water partition coefficient (Wildman–Crippen LogP) is -2.32. The van der Waals surface area contributed by atoms with Crippen LogP contribution in [0, 0.1) is 0 Å². The van der Waals surface area contributed by atoms with Gasteiger partial charge in [0.1, 0.15) is 24.4 Å². The summed E-state index contributed by atoms with van der Waals surface area (Å²) in [5.41, 5.74) is 6.50. The number of carbonyl (C=O) groups excluding carboxylic acids is 3. The van der Waals surface area contributed by atoms with Gasteiger partial charge in [-0.1, -0.05) is 12.1 Å². The lowest BCUT2D eigenvalue weighted by atomic mass is 10.0. The van der Waals surface area contributed by atoms with Crippen molar-refractivity contribution in [1.82, 2.24) is 16.0 Å². The highest BCUT2D eigenvalue weighted by Gasteiger charge is 2.31. The molecule has 0 saturated heterocycles. The van der Waals surface area contributed by atoms with Crippen molar-refractivity contribution >= 4 is 29.7 Å². The minimum absolute atomic E-state index is 0.0347. The molecule has 4 atom stereocenters. The molecule has 0 fully saturated rings. The lowest BCUT2D eigenvalue weighted by Gasteiger charge is -2.25. The Morgan fingerprint density at radius 2 is 1.55 bits per heavy atom. The van der Waals surface area contributed by atoms with Crippen LogP contribution in [0.3, 0.4) is 0 Å². The van der Waals surface area contributed by atoms with E-state index in [9.17, 15) is 34.2 Å². The van der Waals surface area contributed by atoms with Crippen LogP contribution in [0.15, 0.2) is 24.3 Å². The first-order valence-electron chi connectivity index (χ1n) is 9.94. The van der Waals surface area contributed by atoms with E-state index in [0.717, 1.165) is 0 Å². The molecule has 1 aromatic carbocycles. The zero-order chi connectivity index (χ0) is 25.1. The molecule has 0 spiro atoms. The van der Waals surface area contributed by atoms with Crippen LogP contribution in [0.5, 0.6) is 5.75 Å². The molecule has 13 nitrogen and oxygen atoms in total. The number of carboxylic acids is 2. The minimum Gasteiger partial charge on any atom is -0.508 e. The van der Waals surface area contributed by atoms with E-state index in [0.29, 0.717) is 5.56 Å². The normalized spacial score (nSPS) is 14.3. The van der Waals surface area contributed by atoms with Crippen molar-refractivity contribution in [2.24, 2.45) is 5.73 Å². The summed E-state index contributed by atoms with van der Waals surface area (Å²) >= 11 is 0. The smallest absolute Gasteiger partial charge is 0.322 e. The summed E-state index contributed by atoms with van der Waals surface area (Å²) in [5, 5.41) is 43.3. The quantitative estimate of drug-likeness (QED) is 0.154. The molecular formula is C20H28N4O9. The molecule has 0 saturated carbocycles. The molecule has 0 radical (unpaired) electrons. The summed E-state index contributed by atoms with van der Waals surface area (Å²) in [6.07, 6.45) is -2.20. The number of rotatable bonds is 13. The lowest BCUT2D eigenvalue weighted by Crippen LogP contribution is -2.59. The first-order chi connectivity index (χ1) is 15.4. The van der Waals surface area contributed by atoms with E-state index in [1.165, 1.54) is 19.1 Å². The zero-order valence-corrected chi connectivity index (χ0v) is 17.9. The Balaban J connectivity index is 2.84. The first-order valence-corrected chi connectivity index (χ1v) is 9.94. The Hall–Kier alpha value is -3.71. The number of nitrogens with one attached hydrogen (secondary N) is 3. The molecule has 182 valence electrons. The van der Waals surface area contributed by atoms with E-state index in [1.54, 1.807) is 12.1 Å². The number of aliphatic hydroxyl groups is 1. The van der Waals surface area contributed by atoms with Gasteiger partial charge in [0.15, 0.2) is 0 Å². The SMILES string of the molecule is CC(O)C(NC(=O)C(N)Cc1ccc(O)cc1)C(=O)NC(CCC(=O)O)C(=O)NCC(=O)O. The molecule has 0 heterocycles. The maximum Gasteiger partial charge on any atom is 0.322 e. The second-order valence-corrected chi connectivity index (χ2v) is 7.31. The van der Waals surface area contributed by atoms with Crippen molar-refractivity contribution in [3.63, 3.8) is 0 Å². The van der Waals surface area contributed by atoms with Gasteiger partial charge >= 0.3 is 11.9 Å². The van der Waals surface area contributed by atoms with Gasteiger partial charge in [0.2, 0.25) is 17.7 Å². The highest BCUT2D eigenvalue weighted by molar-refractivity contribution is 5.94. The molecule has 1 rings (SSSR count). The fraction of sp³-hybridized carbons (Fsp3) is 0.450. The molecule has 3 amide bonds. The Morgan fingerprint density at radius 1 is 0.939 bits per heavy atom. The fourth-order valence-electron chi connectivity index (χ4n) is 2.73. The van der Waals surface area contributed by atoms with Crippen molar-refractivity contribution < 1.29 is 44.4 Å². The molecule has 0 aliphatic carbocycles. The average Bonchev–Trinajstić information content (AvgIpc) is 2.73. The monoisotopic (exact) mass is 468 g/mol. The summed E-state index contributed by atoms with van der Waals surface area (Å²) in [7, 11) is 0. The summed E-state index contributed by atoms with van der Waals surface area (Å²) in [6, 6.07) is 1.90. The van der Waals surface area contributed by atoms with Crippen LogP contribution in [-0.4, -0.2) is 80.9 Å². The third kappa shape index (κ3) is 9.97. The Morgan fingerprint density at radius 3 is 2.06 bits per heavy atom. The maximum atomic E-state index is 12.6. The summed E-state index contributed by atoms with van der Waals surface area (Å²) in [4.78, 5) is 58.8. The van der Waals surface area contributed by atoms with Gasteiger partial charge in [-0.25, -0.2) is 0 Å². The van der Waals surface area contributed by atoms with Crippen molar-refractivity contribution in [2.75, 3.05) is 6.54 Å². The largest absolute Gasteiger partial charge is 0.508 e. The van der Waals surface area contributed by atoms with E-state index in [-0.39, 0.29) is 18.6 Å². The number of carboxylic acid groups (broad SMARTS) is 2. The first kappa shape index (κ1) is 27.3. The van der Waals surface area contributed by atoms with Gasteiger partial charge < -0.3 is 42.1 Å². The van der Waals surface area contributed by atoms with Crippen LogP contribution in [0.25, 0.3) is 0 Å². The highest BCUT2D eigenvalue weighted by Crippen LogP contribution is 2.11. The second kappa shape index (κ2) is 13.0. The Labute approximate surface area is 189 Å². The number of phenols is 1. The zero-order valence-electron chi connectivity index (χ0n) is 17.9. The molecule has 4 unspecified atom stereocenters. The van der Waals surface area contributed by atoms with Crippen molar-refractivity contribution in [3.8, 4) is 5.75 Å². The molecule has 0 bridgehead atoms. The molecule has 0 aliphatic heterocycles. The van der Waals surface area contributed by atoms with Gasteiger partial charge in [0.05, 0.1) is 12.1 Å². The van der Waals surface area contributed by atoms with Gasteiger partial charge in [0.25, 0.3) is 0 Å². The number of carbonyl (C=O) groups is 5. The topological polar surface area (TPSA) is 228 Å². The fourth-order valence-corrected chi connectivity index (χ4v) is 2.73. The van der Waals surface area contributed by atoms with Crippen LogP contribution in [0.1, 0.15) is 25.3 Å². The average molecular weight is 468 g/mol. The van der Waals surface area contributed by atoms with Crippen molar-refractivity contribution in [3.05, 3.63) is 29.8 Å². The maximum absolute atomic E-state index is 12.6. The number of aliphatic carboxylic acids is 2. The number of hydrogen-bond acceptors (Lipinski definition) is 8. The number of benzene rings is 1. The minimum atomic E-state index is -1.53. The highest BCUT2D eigenvalue weighted by atomic mass is 16.4. The van der Waals surface area contributed by atoms with E-state index in [4.69, 9.17) is 15.9 Å². The van der Waals surface area contributed by atoms with Crippen LogP contribution >= 0.6 is 0 Å². The molecular weight excluding hydrogens is 440 g/mol. The van der Waals surface area contributed by atoms with E-state index in [1.807, 2.05) is 5.32 Å². The number of aliphatic hydroxyl groups excluding tert-OH is 1. The third-order valence-electron chi connectivity index (χ3n) is 4.49. The number of hydrogen-bond donors (Lipinski definition) is 8. The van der Waals surface area contributed by atoms with E-state index >= 15 is 0 Å². The second-order valence-electron chi connectivity index (χ2n) is 7.31. The summed E-state index contributed by atoms with van der Waals surface area (Å²) in [6.45, 7) is 0.466. The number of amides is 3. The molecule has 13 heteroatoms. The lowest BCUT2D eigenvalue weighted by molar-refractivity contribution is -0.140. The standard InChI is InChI=1S/C20H28N4O9/c1-10(25)17(24-18(31)13(21)8-11-2-4-12(26)5-3-11)20(33)23-14(6-7-15(27)28)19(32)22-9-16(29)30/h2-5,10,13-14,17,25-26H,6-9,21H2,1H3,(H,22,32)(H,23,33)(H,24,31)(H,27,28)(H,29,30). The van der Waals surface area contributed by atoms with Gasteiger partial charge in [0, 0.05) is 6.42 Å². The molecule has 0 aromatic heterocycles. The van der Waals surface area contributed by atoms with E-state index in [2.05, 4.69) is 10.6 Å². The van der Waals surface area contributed by atoms with Crippen LogP contribution < -0.4 is 21.7 Å². The van der Waals surface area contributed by atoms with Gasteiger partial charge in [-0.05, 0) is 37.5 Å². The predicted molar refractivity (Wildman–Crippen MR) is 113 cm³/mol. The molecule has 33 heavy (non-hydrogen) atoms. The molecule has 0 aliphatic rings. The van der Waals surface area contributed by atoms with Gasteiger partial charge in [-0.15, -0.1) is 0 Å². The Bertz CT molecular complexity index is 858. The number of aromatic hydroxyl groups is 1. The third-order valence-corrected chi connectivity index (χ3v) is 4.49. The van der Waals surface area contributed by atoms with Crippen LogP contribution in [-0.2, 0) is 30.4 Å². The van der Waals surface area contributed by atoms with Crippen LogP contribution in [0.2, 0.25) is 0 Å². The summed E-state index contributed by atoms with van der Waals surface area (Å²) < 4.78 is 0. The van der Waals surface area contributed by atoms with Gasteiger partial charge in [-0.3, -0.25) is 24.0 Å².